The van der Waals surface area contributed by atoms with E-state index >= 15 is 0 Å². The second-order valence-electron chi connectivity index (χ2n) is 8.68. The highest BCUT2D eigenvalue weighted by Crippen LogP contribution is 2.26. The van der Waals surface area contributed by atoms with Gasteiger partial charge in [-0.2, -0.15) is 0 Å². The first-order valence-corrected chi connectivity index (χ1v) is 9.92. The van der Waals surface area contributed by atoms with Crippen molar-refractivity contribution in [3.05, 3.63) is 0 Å². The summed E-state index contributed by atoms with van der Waals surface area (Å²) in [5.41, 5.74) is -0.513. The number of nitrogens with one attached hydrogen (secondary N) is 1. The summed E-state index contributed by atoms with van der Waals surface area (Å²) < 4.78 is 37.3. The summed E-state index contributed by atoms with van der Waals surface area (Å²) in [5.74, 6) is 0. The zero-order valence-corrected chi connectivity index (χ0v) is 16.6. The molecule has 0 aromatic carbocycles. The fraction of sp³-hybridized carbons (Fsp3) is 0.947. The molecule has 2 rings (SSSR count). The van der Waals surface area contributed by atoms with Crippen LogP contribution in [-0.2, 0) is 9.47 Å². The third-order valence-corrected chi connectivity index (χ3v) is 4.95. The molecule has 0 aromatic heterocycles. The van der Waals surface area contributed by atoms with Crippen molar-refractivity contribution in [1.29, 1.82) is 0 Å². The lowest BCUT2D eigenvalue weighted by Crippen LogP contribution is -2.48. The predicted octanol–water partition coefficient (Wildman–Crippen LogP) is 2.58. The van der Waals surface area contributed by atoms with Gasteiger partial charge in [0.2, 0.25) is 0 Å². The molecule has 1 saturated carbocycles. The van der Waals surface area contributed by atoms with E-state index < -0.39 is 30.1 Å². The largest absolute Gasteiger partial charge is 0.444 e. The van der Waals surface area contributed by atoms with Gasteiger partial charge in [0.15, 0.2) is 0 Å². The number of alkyl carbamates (subject to hydrolysis) is 1. The van der Waals surface area contributed by atoms with Gasteiger partial charge in [-0.3, -0.25) is 0 Å². The maximum absolute atomic E-state index is 13.4. The van der Waals surface area contributed by atoms with Crippen molar-refractivity contribution < 1.29 is 28.2 Å². The third kappa shape index (κ3) is 8.27. The Balaban J connectivity index is 1.60. The Hall–Kier alpha value is -0.990. The number of piperidine rings is 1. The van der Waals surface area contributed by atoms with Crippen LogP contribution in [-0.4, -0.2) is 78.5 Å². The molecule has 0 bridgehead atoms. The van der Waals surface area contributed by atoms with Gasteiger partial charge in [-0.25, -0.2) is 13.6 Å². The summed E-state index contributed by atoms with van der Waals surface area (Å²) in [6.45, 7) is 7.61. The number of ether oxygens (including phenoxy) is 2. The smallest absolute Gasteiger partial charge is 0.407 e. The monoisotopic (exact) mass is 392 g/mol. The number of carbonyl (C=O) groups is 1. The third-order valence-electron chi connectivity index (χ3n) is 4.95. The number of hydrogen-bond donors (Lipinski definition) is 2. The number of β-amino-alcohol motifs (C(OH)–C–C–N with tert-alkyl or cyclic N) is 1. The van der Waals surface area contributed by atoms with Gasteiger partial charge >= 0.3 is 6.09 Å². The molecule has 27 heavy (non-hydrogen) atoms. The van der Waals surface area contributed by atoms with Crippen molar-refractivity contribution in [1.82, 2.24) is 10.2 Å². The number of likely N-dealkylation sites (tertiary alicyclic amines) is 1. The lowest BCUT2D eigenvalue weighted by Gasteiger charge is -2.34. The van der Waals surface area contributed by atoms with Gasteiger partial charge in [-0.05, 0) is 46.5 Å². The van der Waals surface area contributed by atoms with Crippen LogP contribution < -0.4 is 5.32 Å². The van der Waals surface area contributed by atoms with E-state index in [-0.39, 0.29) is 31.6 Å². The summed E-state index contributed by atoms with van der Waals surface area (Å²) in [7, 11) is 0. The van der Waals surface area contributed by atoms with Crippen LogP contribution >= 0.6 is 0 Å². The number of alkyl halides is 2. The molecule has 1 heterocycles. The Kier molecular flexibility index (Phi) is 8.24. The highest BCUT2D eigenvalue weighted by molar-refractivity contribution is 5.68. The van der Waals surface area contributed by atoms with Gasteiger partial charge in [0.05, 0.1) is 18.8 Å². The molecule has 1 saturated heterocycles. The minimum Gasteiger partial charge on any atom is -0.444 e. The van der Waals surface area contributed by atoms with Crippen LogP contribution in [0.1, 0.15) is 52.9 Å². The minimum absolute atomic E-state index is 0.0651. The summed E-state index contributed by atoms with van der Waals surface area (Å²) in [6.07, 6.45) is -1.90. The van der Waals surface area contributed by atoms with E-state index in [4.69, 9.17) is 9.47 Å². The fourth-order valence-corrected chi connectivity index (χ4v) is 3.53. The molecule has 1 aliphatic heterocycles. The minimum atomic E-state index is -1.46. The average Bonchev–Trinajstić information content (AvgIpc) is 2.56. The van der Waals surface area contributed by atoms with Gasteiger partial charge in [0.25, 0.3) is 0 Å². The Morgan fingerprint density at radius 3 is 2.44 bits per heavy atom. The van der Waals surface area contributed by atoms with Gasteiger partial charge in [0, 0.05) is 32.1 Å². The molecule has 0 aromatic rings. The molecule has 4 atom stereocenters. The van der Waals surface area contributed by atoms with Crippen LogP contribution in [0.3, 0.4) is 0 Å². The van der Waals surface area contributed by atoms with Crippen LogP contribution in [0.4, 0.5) is 13.6 Å². The number of aliphatic hydroxyl groups excluding tert-OH is 1. The van der Waals surface area contributed by atoms with Gasteiger partial charge in [-0.15, -0.1) is 0 Å². The van der Waals surface area contributed by atoms with Gasteiger partial charge in [0.1, 0.15) is 17.9 Å². The number of carbonyl (C=O) groups excluding carboxylic acids is 1. The quantitative estimate of drug-likeness (QED) is 0.727. The maximum Gasteiger partial charge on any atom is 0.407 e. The second kappa shape index (κ2) is 9.98. The molecule has 1 aliphatic carbocycles. The number of aliphatic hydroxyl groups is 1. The van der Waals surface area contributed by atoms with E-state index in [9.17, 15) is 18.7 Å². The Bertz CT molecular complexity index is 467. The Labute approximate surface area is 160 Å². The molecular weight excluding hydrogens is 358 g/mol. The number of halogens is 2. The molecule has 0 radical (unpaired) electrons. The Morgan fingerprint density at radius 2 is 1.85 bits per heavy atom. The standard InChI is InChI=1S/C19H34F2N2O4/c1-19(2,3)27-18(25)22-13-6-8-23(9-7-13)11-14(24)12-26-15-4-5-16(20)17(21)10-15/h13-17,24H,4-12H2,1-3H3,(H,22,25). The highest BCUT2D eigenvalue weighted by atomic mass is 19.2. The molecule has 4 unspecified atom stereocenters. The van der Waals surface area contributed by atoms with Crippen molar-refractivity contribution in [2.24, 2.45) is 0 Å². The molecule has 2 aliphatic rings. The number of nitrogens with zero attached hydrogens (tertiary/aromatic N) is 1. The highest BCUT2D eigenvalue weighted by Gasteiger charge is 2.31. The Morgan fingerprint density at radius 1 is 1.19 bits per heavy atom. The predicted molar refractivity (Wildman–Crippen MR) is 98.2 cm³/mol. The number of amides is 1. The molecule has 8 heteroatoms. The van der Waals surface area contributed by atoms with Crippen molar-refractivity contribution >= 4 is 6.09 Å². The van der Waals surface area contributed by atoms with E-state index in [1.165, 1.54) is 0 Å². The van der Waals surface area contributed by atoms with Crippen LogP contribution in [0.15, 0.2) is 0 Å². The number of hydrogen-bond acceptors (Lipinski definition) is 5. The molecular formula is C19H34F2N2O4. The molecule has 6 nitrogen and oxygen atoms in total. The second-order valence-corrected chi connectivity index (χ2v) is 8.68. The van der Waals surface area contributed by atoms with E-state index in [0.29, 0.717) is 13.0 Å². The normalized spacial score (nSPS) is 29.3. The molecule has 158 valence electrons. The maximum atomic E-state index is 13.4. The first-order chi connectivity index (χ1) is 12.6. The van der Waals surface area contributed by atoms with Crippen LogP contribution in [0.5, 0.6) is 0 Å². The van der Waals surface area contributed by atoms with Crippen LogP contribution in [0, 0.1) is 0 Å². The average molecular weight is 392 g/mol. The molecule has 1 amide bonds. The molecule has 2 fully saturated rings. The van der Waals surface area contributed by atoms with Crippen LogP contribution in [0.25, 0.3) is 0 Å². The first-order valence-electron chi connectivity index (χ1n) is 9.92. The lowest BCUT2D eigenvalue weighted by molar-refractivity contribution is -0.0582. The summed E-state index contributed by atoms with van der Waals surface area (Å²) >= 11 is 0. The van der Waals surface area contributed by atoms with Gasteiger partial charge in [-0.1, -0.05) is 0 Å². The van der Waals surface area contributed by atoms with E-state index in [1.54, 1.807) is 0 Å². The SMILES string of the molecule is CC(C)(C)OC(=O)NC1CCN(CC(O)COC2CCC(F)C(F)C2)CC1. The zero-order chi connectivity index (χ0) is 20.0. The molecule has 0 spiro atoms. The summed E-state index contributed by atoms with van der Waals surface area (Å²) in [5, 5.41) is 13.0. The topological polar surface area (TPSA) is 71.0 Å². The summed E-state index contributed by atoms with van der Waals surface area (Å²) in [4.78, 5) is 13.9. The van der Waals surface area contributed by atoms with E-state index in [1.807, 2.05) is 20.8 Å². The van der Waals surface area contributed by atoms with Gasteiger partial charge < -0.3 is 24.8 Å². The molecule has 2 N–H and O–H groups in total. The van der Waals surface area contributed by atoms with Crippen molar-refractivity contribution in [2.75, 3.05) is 26.2 Å². The van der Waals surface area contributed by atoms with E-state index in [2.05, 4.69) is 10.2 Å². The summed E-state index contributed by atoms with van der Waals surface area (Å²) in [6, 6.07) is 0.0712. The van der Waals surface area contributed by atoms with Crippen molar-refractivity contribution in [3.63, 3.8) is 0 Å². The first kappa shape index (κ1) is 22.3. The zero-order valence-electron chi connectivity index (χ0n) is 16.6. The van der Waals surface area contributed by atoms with Crippen molar-refractivity contribution in [3.8, 4) is 0 Å². The fourth-order valence-electron chi connectivity index (χ4n) is 3.53. The van der Waals surface area contributed by atoms with Crippen LogP contribution in [0.2, 0.25) is 0 Å². The number of rotatable bonds is 6. The van der Waals surface area contributed by atoms with E-state index in [0.717, 1.165) is 25.9 Å². The lowest BCUT2D eigenvalue weighted by atomic mass is 9.94. The van der Waals surface area contributed by atoms with Crippen molar-refractivity contribution in [2.45, 2.75) is 89.1 Å².